The van der Waals surface area contributed by atoms with Crippen LogP contribution in [0.25, 0.3) is 0 Å². The van der Waals surface area contributed by atoms with Crippen molar-refractivity contribution in [3.05, 3.63) is 23.8 Å². The number of fused-ring (bicyclic) bond motifs is 1. The summed E-state index contributed by atoms with van der Waals surface area (Å²) in [6.07, 6.45) is 8.20. The first kappa shape index (κ1) is 16.1. The quantitative estimate of drug-likeness (QED) is 0.795. The Morgan fingerprint density at radius 3 is 2.83 bits per heavy atom. The summed E-state index contributed by atoms with van der Waals surface area (Å²) in [6, 6.07) is 5.53. The molecule has 3 aliphatic rings. The number of ether oxygens (including phenoxy) is 2. The first-order valence-electron chi connectivity index (χ1n) is 9.11. The van der Waals surface area contributed by atoms with Crippen molar-refractivity contribution in [1.82, 2.24) is 0 Å². The minimum atomic E-state index is -2.77. The van der Waals surface area contributed by atoms with E-state index in [2.05, 4.69) is 4.90 Å². The average Bonchev–Trinajstić information content (AvgIpc) is 3.37. The van der Waals surface area contributed by atoms with E-state index < -0.39 is 6.61 Å². The second kappa shape index (κ2) is 6.51. The summed E-state index contributed by atoms with van der Waals surface area (Å²) in [5.41, 5.74) is 2.28. The van der Waals surface area contributed by atoms with Crippen molar-refractivity contribution in [3.63, 3.8) is 0 Å². The summed E-state index contributed by atoms with van der Waals surface area (Å²) in [5.74, 6) is 0.339. The maximum atomic E-state index is 12.7. The van der Waals surface area contributed by atoms with Gasteiger partial charge in [0.15, 0.2) is 0 Å². The van der Waals surface area contributed by atoms with Crippen molar-refractivity contribution in [2.45, 2.75) is 57.7 Å². The molecule has 0 spiro atoms. The summed E-state index contributed by atoms with van der Waals surface area (Å²) in [7, 11) is 0. The molecule has 2 aliphatic heterocycles. The highest BCUT2D eigenvalue weighted by Crippen LogP contribution is 2.53. The molecule has 0 amide bonds. The van der Waals surface area contributed by atoms with Crippen LogP contribution in [0.15, 0.2) is 18.2 Å². The largest absolute Gasteiger partial charge is 0.434 e. The van der Waals surface area contributed by atoms with Gasteiger partial charge in [-0.2, -0.15) is 8.78 Å². The van der Waals surface area contributed by atoms with E-state index in [9.17, 15) is 8.78 Å². The summed E-state index contributed by atoms with van der Waals surface area (Å²) < 4.78 is 36.1. The number of alkyl halides is 2. The van der Waals surface area contributed by atoms with Gasteiger partial charge in [-0.15, -0.1) is 0 Å². The fourth-order valence-corrected chi connectivity index (χ4v) is 4.39. The smallest absolute Gasteiger partial charge is 0.387 e. The molecule has 0 N–H and O–H groups in total. The van der Waals surface area contributed by atoms with Crippen LogP contribution in [-0.2, 0) is 11.2 Å². The zero-order valence-corrected chi connectivity index (χ0v) is 14.0. The molecule has 4 rings (SSSR count). The van der Waals surface area contributed by atoms with Crippen molar-refractivity contribution >= 4 is 5.69 Å². The van der Waals surface area contributed by atoms with Gasteiger partial charge in [-0.3, -0.25) is 0 Å². The van der Waals surface area contributed by atoms with E-state index in [0.29, 0.717) is 11.9 Å². The summed E-state index contributed by atoms with van der Waals surface area (Å²) in [6.45, 7) is 0.0786. The number of hydrogen-bond donors (Lipinski definition) is 0. The summed E-state index contributed by atoms with van der Waals surface area (Å²) in [4.78, 5) is 2.38. The summed E-state index contributed by atoms with van der Waals surface area (Å²) in [5, 5.41) is 0. The van der Waals surface area contributed by atoms with Gasteiger partial charge < -0.3 is 14.4 Å². The highest BCUT2D eigenvalue weighted by atomic mass is 19.3. The monoisotopic (exact) mass is 337 g/mol. The molecule has 2 heterocycles. The topological polar surface area (TPSA) is 21.7 Å². The minimum Gasteiger partial charge on any atom is -0.434 e. The van der Waals surface area contributed by atoms with Gasteiger partial charge in [-0.25, -0.2) is 0 Å². The van der Waals surface area contributed by atoms with Gasteiger partial charge in [0.05, 0.1) is 6.10 Å². The molecule has 24 heavy (non-hydrogen) atoms. The van der Waals surface area contributed by atoms with Crippen molar-refractivity contribution in [1.29, 1.82) is 0 Å². The zero-order valence-electron chi connectivity index (χ0n) is 14.0. The standard InChI is InChI=1S/C19H25F2NO2/c20-18(21)24-16-7-3-6-15-14(16)5-4-11-22(15)13-19(9-10-19)17-8-1-2-12-23-17/h3,6-7,17-18H,1-2,4-5,8-13H2. The number of nitrogens with zero attached hydrogens (tertiary/aromatic N) is 1. The molecule has 1 saturated carbocycles. The van der Waals surface area contributed by atoms with E-state index in [-0.39, 0.29) is 5.41 Å². The van der Waals surface area contributed by atoms with Crippen LogP contribution in [0.5, 0.6) is 5.75 Å². The van der Waals surface area contributed by atoms with Gasteiger partial charge in [-0.05, 0) is 57.1 Å². The second-order valence-electron chi connectivity index (χ2n) is 7.38. The van der Waals surface area contributed by atoms with E-state index in [1.165, 1.54) is 25.7 Å². The van der Waals surface area contributed by atoms with Crippen molar-refractivity contribution in [2.24, 2.45) is 5.41 Å². The Balaban J connectivity index is 1.54. The Hall–Kier alpha value is -1.36. The lowest BCUT2D eigenvalue weighted by atomic mass is 9.90. The Bertz CT molecular complexity index is 583. The van der Waals surface area contributed by atoms with E-state index in [4.69, 9.17) is 9.47 Å². The second-order valence-corrected chi connectivity index (χ2v) is 7.38. The predicted octanol–water partition coefficient (Wildman–Crippen LogP) is 4.39. The van der Waals surface area contributed by atoms with Gasteiger partial charge in [0.1, 0.15) is 5.75 Å². The van der Waals surface area contributed by atoms with Crippen LogP contribution in [0.4, 0.5) is 14.5 Å². The van der Waals surface area contributed by atoms with Gasteiger partial charge in [0, 0.05) is 36.4 Å². The van der Waals surface area contributed by atoms with Gasteiger partial charge in [0.2, 0.25) is 0 Å². The third-order valence-corrected chi connectivity index (χ3v) is 5.78. The fourth-order valence-electron chi connectivity index (χ4n) is 4.39. The number of halogens is 2. The molecule has 1 aliphatic carbocycles. The van der Waals surface area contributed by atoms with Crippen LogP contribution in [0.3, 0.4) is 0 Å². The third-order valence-electron chi connectivity index (χ3n) is 5.78. The predicted molar refractivity (Wildman–Crippen MR) is 88.9 cm³/mol. The van der Waals surface area contributed by atoms with E-state index in [1.807, 2.05) is 12.1 Å². The molecule has 1 unspecified atom stereocenters. The minimum absolute atomic E-state index is 0.272. The first-order chi connectivity index (χ1) is 11.7. The maximum absolute atomic E-state index is 12.7. The molecule has 0 bridgehead atoms. The van der Waals surface area contributed by atoms with E-state index in [1.54, 1.807) is 6.07 Å². The number of anilines is 1. The number of rotatable bonds is 5. The van der Waals surface area contributed by atoms with Crippen molar-refractivity contribution in [3.8, 4) is 5.75 Å². The third kappa shape index (κ3) is 3.10. The Kier molecular flexibility index (Phi) is 4.37. The zero-order chi connectivity index (χ0) is 16.6. The molecule has 0 radical (unpaired) electrons. The molecule has 132 valence electrons. The molecule has 1 atom stereocenters. The van der Waals surface area contributed by atoms with Crippen LogP contribution in [0.1, 0.15) is 44.1 Å². The maximum Gasteiger partial charge on any atom is 0.387 e. The lowest BCUT2D eigenvalue weighted by molar-refractivity contribution is -0.0504. The SMILES string of the molecule is FC(F)Oc1cccc2c1CCCN2CC1(C2CCCCO2)CC1. The molecule has 2 fully saturated rings. The van der Waals surface area contributed by atoms with Gasteiger partial charge in [0.25, 0.3) is 0 Å². The summed E-state index contributed by atoms with van der Waals surface area (Å²) >= 11 is 0. The highest BCUT2D eigenvalue weighted by Gasteiger charge is 2.51. The number of benzene rings is 1. The van der Waals surface area contributed by atoms with Crippen LogP contribution < -0.4 is 9.64 Å². The molecule has 5 heteroatoms. The van der Waals surface area contributed by atoms with E-state index in [0.717, 1.165) is 50.2 Å². The van der Waals surface area contributed by atoms with Crippen molar-refractivity contribution < 1.29 is 18.3 Å². The van der Waals surface area contributed by atoms with Crippen molar-refractivity contribution in [2.75, 3.05) is 24.6 Å². The molecule has 1 aromatic carbocycles. The van der Waals surface area contributed by atoms with Crippen LogP contribution in [-0.4, -0.2) is 32.4 Å². The fraction of sp³-hybridized carbons (Fsp3) is 0.684. The van der Waals surface area contributed by atoms with Crippen LogP contribution >= 0.6 is 0 Å². The van der Waals surface area contributed by atoms with Gasteiger partial charge in [-0.1, -0.05) is 6.07 Å². The van der Waals surface area contributed by atoms with E-state index >= 15 is 0 Å². The lowest BCUT2D eigenvalue weighted by Gasteiger charge is -2.38. The molecular weight excluding hydrogens is 312 g/mol. The highest BCUT2D eigenvalue weighted by molar-refractivity contribution is 5.61. The molecule has 0 aromatic heterocycles. The van der Waals surface area contributed by atoms with Crippen LogP contribution in [0.2, 0.25) is 0 Å². The Labute approximate surface area is 141 Å². The number of hydrogen-bond acceptors (Lipinski definition) is 3. The Morgan fingerprint density at radius 2 is 2.12 bits per heavy atom. The first-order valence-corrected chi connectivity index (χ1v) is 9.11. The molecule has 1 aromatic rings. The average molecular weight is 337 g/mol. The normalized spacial score (nSPS) is 25.5. The molecule has 3 nitrogen and oxygen atoms in total. The molecular formula is C19H25F2NO2. The Morgan fingerprint density at radius 1 is 1.25 bits per heavy atom. The van der Waals surface area contributed by atoms with Gasteiger partial charge >= 0.3 is 6.61 Å². The van der Waals surface area contributed by atoms with Crippen LogP contribution in [0, 0.1) is 5.41 Å². The molecule has 1 saturated heterocycles. The lowest BCUT2D eigenvalue weighted by Crippen LogP contribution is -2.41.